The molecular formula is C19H20ClN3O3. The molecule has 1 aromatic carbocycles. The van der Waals surface area contributed by atoms with Gasteiger partial charge in [-0.05, 0) is 43.0 Å². The number of carboxylic acids is 1. The van der Waals surface area contributed by atoms with Crippen LogP contribution in [0.3, 0.4) is 0 Å². The van der Waals surface area contributed by atoms with Crippen molar-refractivity contribution in [1.82, 2.24) is 9.88 Å². The van der Waals surface area contributed by atoms with Gasteiger partial charge in [0.25, 0.3) is 5.91 Å². The molecular weight excluding hydrogens is 354 g/mol. The molecule has 2 aromatic rings. The van der Waals surface area contributed by atoms with Crippen molar-refractivity contribution in [2.24, 2.45) is 0 Å². The Balaban J connectivity index is 1.63. The van der Waals surface area contributed by atoms with Crippen molar-refractivity contribution in [3.05, 3.63) is 58.2 Å². The number of hydrogen-bond donors (Lipinski definition) is 2. The van der Waals surface area contributed by atoms with E-state index in [1.54, 1.807) is 36.5 Å². The number of anilines is 1. The molecule has 2 N–H and O–H groups in total. The van der Waals surface area contributed by atoms with Crippen molar-refractivity contribution in [2.45, 2.75) is 25.8 Å². The number of carbonyl (C=O) groups is 2. The number of halogens is 1. The molecule has 0 saturated carbocycles. The van der Waals surface area contributed by atoms with Crippen LogP contribution in [0.15, 0.2) is 36.5 Å². The first-order chi connectivity index (χ1) is 12.5. The molecule has 136 valence electrons. The Morgan fingerprint density at radius 3 is 2.42 bits per heavy atom. The second-order valence-electron chi connectivity index (χ2n) is 6.26. The van der Waals surface area contributed by atoms with Crippen LogP contribution in [0.4, 0.5) is 5.82 Å². The number of aromatic nitrogens is 1. The van der Waals surface area contributed by atoms with Gasteiger partial charge in [0.05, 0.1) is 16.1 Å². The number of piperidine rings is 1. The Bertz CT molecular complexity index is 802. The highest BCUT2D eigenvalue weighted by molar-refractivity contribution is 6.33. The zero-order valence-corrected chi connectivity index (χ0v) is 15.0. The zero-order valence-electron chi connectivity index (χ0n) is 14.2. The summed E-state index contributed by atoms with van der Waals surface area (Å²) in [5.74, 6) is -0.498. The summed E-state index contributed by atoms with van der Waals surface area (Å²) < 4.78 is 0. The third kappa shape index (κ3) is 4.32. The van der Waals surface area contributed by atoms with Gasteiger partial charge in [-0.1, -0.05) is 23.7 Å². The first-order valence-electron chi connectivity index (χ1n) is 8.55. The minimum absolute atomic E-state index is 0.0325. The number of amides is 1. The van der Waals surface area contributed by atoms with E-state index in [2.05, 4.69) is 10.3 Å². The predicted molar refractivity (Wildman–Crippen MR) is 99.7 cm³/mol. The van der Waals surface area contributed by atoms with Gasteiger partial charge in [-0.2, -0.15) is 0 Å². The fraction of sp³-hybridized carbons (Fsp3) is 0.316. The molecule has 0 aliphatic carbocycles. The monoisotopic (exact) mass is 373 g/mol. The zero-order chi connectivity index (χ0) is 18.5. The van der Waals surface area contributed by atoms with Gasteiger partial charge in [0.1, 0.15) is 5.82 Å². The molecule has 1 aliphatic rings. The quantitative estimate of drug-likeness (QED) is 0.835. The molecule has 1 saturated heterocycles. The van der Waals surface area contributed by atoms with E-state index >= 15 is 0 Å². The maximum atomic E-state index is 12.5. The molecule has 1 aliphatic heterocycles. The molecule has 7 heteroatoms. The smallest absolute Gasteiger partial charge is 0.335 e. The van der Waals surface area contributed by atoms with E-state index < -0.39 is 5.97 Å². The van der Waals surface area contributed by atoms with E-state index in [4.69, 9.17) is 16.7 Å². The Morgan fingerprint density at radius 1 is 1.12 bits per heavy atom. The van der Waals surface area contributed by atoms with Gasteiger partial charge in [0.15, 0.2) is 0 Å². The Kier molecular flexibility index (Phi) is 5.73. The number of benzene rings is 1. The van der Waals surface area contributed by atoms with Gasteiger partial charge in [0.2, 0.25) is 0 Å². The molecule has 3 rings (SSSR count). The largest absolute Gasteiger partial charge is 0.478 e. The third-order valence-corrected chi connectivity index (χ3v) is 4.68. The standard InChI is InChI=1S/C19H20ClN3O3/c20-16-10-15(18(24)23-8-2-1-3-9-23)12-22-17(16)21-11-13-4-6-14(7-5-13)19(25)26/h4-7,10,12H,1-3,8-9,11H2,(H,21,22)(H,25,26). The summed E-state index contributed by atoms with van der Waals surface area (Å²) in [6.07, 6.45) is 4.78. The molecule has 2 heterocycles. The first kappa shape index (κ1) is 18.2. The van der Waals surface area contributed by atoms with Gasteiger partial charge >= 0.3 is 5.97 Å². The van der Waals surface area contributed by atoms with Crippen LogP contribution in [-0.4, -0.2) is 40.0 Å². The lowest BCUT2D eigenvalue weighted by molar-refractivity contribution is 0.0694. The second-order valence-corrected chi connectivity index (χ2v) is 6.67. The molecule has 0 spiro atoms. The van der Waals surface area contributed by atoms with Gasteiger partial charge in [-0.3, -0.25) is 4.79 Å². The van der Waals surface area contributed by atoms with Gasteiger partial charge in [0, 0.05) is 25.8 Å². The number of nitrogens with one attached hydrogen (secondary N) is 1. The predicted octanol–water partition coefficient (Wildman–Crippen LogP) is 3.67. The van der Waals surface area contributed by atoms with Crippen molar-refractivity contribution in [3.8, 4) is 0 Å². The number of pyridine rings is 1. The van der Waals surface area contributed by atoms with Crippen LogP contribution in [0, 0.1) is 0 Å². The molecule has 0 radical (unpaired) electrons. The number of nitrogens with zero attached hydrogens (tertiary/aromatic N) is 2. The Labute approximate surface area is 156 Å². The summed E-state index contributed by atoms with van der Waals surface area (Å²) >= 11 is 6.27. The van der Waals surface area contributed by atoms with Crippen molar-refractivity contribution < 1.29 is 14.7 Å². The number of hydrogen-bond acceptors (Lipinski definition) is 4. The fourth-order valence-electron chi connectivity index (χ4n) is 2.92. The topological polar surface area (TPSA) is 82.5 Å². The lowest BCUT2D eigenvalue weighted by atomic mass is 10.1. The minimum Gasteiger partial charge on any atom is -0.478 e. The van der Waals surface area contributed by atoms with Crippen molar-refractivity contribution >= 4 is 29.3 Å². The number of aromatic carboxylic acids is 1. The minimum atomic E-state index is -0.955. The van der Waals surface area contributed by atoms with Crippen LogP contribution < -0.4 is 5.32 Å². The highest BCUT2D eigenvalue weighted by Gasteiger charge is 2.19. The van der Waals surface area contributed by atoms with Crippen molar-refractivity contribution in [3.63, 3.8) is 0 Å². The summed E-state index contributed by atoms with van der Waals surface area (Å²) in [6, 6.07) is 8.21. The number of rotatable bonds is 5. The lowest BCUT2D eigenvalue weighted by Crippen LogP contribution is -2.35. The van der Waals surface area contributed by atoms with Gasteiger partial charge in [-0.25, -0.2) is 9.78 Å². The van der Waals surface area contributed by atoms with Crippen molar-refractivity contribution in [1.29, 1.82) is 0 Å². The van der Waals surface area contributed by atoms with E-state index in [-0.39, 0.29) is 11.5 Å². The molecule has 1 amide bonds. The summed E-state index contributed by atoms with van der Waals surface area (Å²) in [5.41, 5.74) is 1.64. The normalized spacial score (nSPS) is 14.1. The Hall–Kier alpha value is -2.60. The van der Waals surface area contributed by atoms with Crippen molar-refractivity contribution in [2.75, 3.05) is 18.4 Å². The van der Waals surface area contributed by atoms with Gasteiger partial charge < -0.3 is 15.3 Å². The maximum absolute atomic E-state index is 12.5. The average Bonchev–Trinajstić information content (AvgIpc) is 2.67. The van der Waals surface area contributed by atoms with E-state index in [9.17, 15) is 9.59 Å². The van der Waals surface area contributed by atoms with Crippen LogP contribution in [0.5, 0.6) is 0 Å². The summed E-state index contributed by atoms with van der Waals surface area (Å²) in [7, 11) is 0. The lowest BCUT2D eigenvalue weighted by Gasteiger charge is -2.26. The van der Waals surface area contributed by atoms with Crippen LogP contribution in [0.1, 0.15) is 45.5 Å². The summed E-state index contributed by atoms with van der Waals surface area (Å²) in [5, 5.41) is 12.4. The fourth-order valence-corrected chi connectivity index (χ4v) is 3.15. The molecule has 0 atom stereocenters. The molecule has 1 aromatic heterocycles. The summed E-state index contributed by atoms with van der Waals surface area (Å²) in [4.78, 5) is 29.5. The number of carbonyl (C=O) groups excluding carboxylic acids is 1. The van der Waals surface area contributed by atoms with Crippen LogP contribution in [-0.2, 0) is 6.54 Å². The maximum Gasteiger partial charge on any atom is 0.335 e. The van der Waals surface area contributed by atoms with E-state index in [1.807, 2.05) is 4.90 Å². The van der Waals surface area contributed by atoms with E-state index in [0.29, 0.717) is 22.9 Å². The highest BCUT2D eigenvalue weighted by atomic mass is 35.5. The first-order valence-corrected chi connectivity index (χ1v) is 8.93. The second kappa shape index (κ2) is 8.19. The molecule has 0 unspecified atom stereocenters. The van der Waals surface area contributed by atoms with E-state index in [0.717, 1.165) is 31.5 Å². The molecule has 26 heavy (non-hydrogen) atoms. The summed E-state index contributed by atoms with van der Waals surface area (Å²) in [6.45, 7) is 2.01. The van der Waals surface area contributed by atoms with Gasteiger partial charge in [-0.15, -0.1) is 0 Å². The molecule has 1 fully saturated rings. The SMILES string of the molecule is O=C(O)c1ccc(CNc2ncc(C(=O)N3CCCCC3)cc2Cl)cc1. The number of carboxylic acid groups (broad SMARTS) is 1. The third-order valence-electron chi connectivity index (χ3n) is 4.39. The highest BCUT2D eigenvalue weighted by Crippen LogP contribution is 2.22. The molecule has 6 nitrogen and oxygen atoms in total. The molecule has 0 bridgehead atoms. The van der Waals surface area contributed by atoms with E-state index in [1.165, 1.54) is 6.42 Å². The number of likely N-dealkylation sites (tertiary alicyclic amines) is 1. The van der Waals surface area contributed by atoms with Crippen LogP contribution in [0.2, 0.25) is 5.02 Å². The van der Waals surface area contributed by atoms with Crippen LogP contribution in [0.25, 0.3) is 0 Å². The average molecular weight is 374 g/mol. The Morgan fingerprint density at radius 2 is 1.81 bits per heavy atom. The van der Waals surface area contributed by atoms with Crippen LogP contribution >= 0.6 is 11.6 Å².